The summed E-state index contributed by atoms with van der Waals surface area (Å²) in [6.07, 6.45) is 54.9. The number of unbranched alkanes of at least 4 members (excludes halogenated alkanes) is 35. The van der Waals surface area contributed by atoms with Gasteiger partial charge in [0.25, 0.3) is 0 Å². The number of nitrogens with one attached hydrogen (secondary N) is 5. The predicted molar refractivity (Wildman–Crippen MR) is 488 cm³/mol. The fraction of sp³-hybridized carbons (Fsp3) is 0.633. The molecule has 6 aromatic carbocycles. The van der Waals surface area contributed by atoms with E-state index in [-0.39, 0.29) is 5.54 Å². The minimum atomic E-state index is 0.0142. The minimum absolute atomic E-state index is 0.0142. The lowest BCUT2D eigenvalue weighted by molar-refractivity contribution is -0.646. The quantitative estimate of drug-likeness (QED) is 0.00846. The van der Waals surface area contributed by atoms with Crippen molar-refractivity contribution in [2.75, 3.05) is 64.2 Å². The van der Waals surface area contributed by atoms with Crippen molar-refractivity contribution in [2.24, 2.45) is 0 Å². The molecule has 0 unspecified atom stereocenters. The molecule has 0 fully saturated rings. The van der Waals surface area contributed by atoms with Crippen LogP contribution < -0.4 is 51.8 Å². The average Bonchev–Trinajstić information content (AvgIpc) is 0.775. The summed E-state index contributed by atoms with van der Waals surface area (Å²) < 4.78 is 7.47. The standard InChI is InChI=1S/C36H59N5.C33H52N4.C29H44N4/c1-4-7-10-13-16-19-24-38-30-22-23-32-35(27-30)41(26-21-18-15-12-9-6-3)36-28-31(37)33(29-34(36)40-32)39-25-20-17-14-11-8-5-2;1-7-9-11-13-15-17-21-34-27-19-20-28-32(24-27)37(22-18-16-14-12-10-8-2)31-23-26(3)29(25-30(31)35-28)36-33(4,5)6;1-4-6-8-10-12-14-18-31-24-16-17-26-29(21-24)33(19-15-13-11-9-7-5-2)28-20-23(3)25(30)22-27(28)32-26/h22-23,27-29H,4-21,24-26H2,1-3H3,(H3,37,38,39,40);19-20,23-25,36H,7-18,21-22H2,1-6H3;16-17,20-22H,4-15,18-19,30H2,1-3H3/p+3. The van der Waals surface area contributed by atoms with Crippen LogP contribution in [-0.2, 0) is 19.6 Å². The van der Waals surface area contributed by atoms with Crippen LogP contribution in [0.4, 0.5) is 39.8 Å². The Hall–Kier alpha value is -7.28. The first-order valence-corrected chi connectivity index (χ1v) is 45.8. The van der Waals surface area contributed by atoms with Gasteiger partial charge in [0.2, 0.25) is 33.1 Å². The summed E-state index contributed by atoms with van der Waals surface area (Å²) >= 11 is 0. The molecule has 9 N–H and O–H groups in total. The van der Waals surface area contributed by atoms with Crippen molar-refractivity contribution in [1.82, 2.24) is 15.0 Å². The number of fused-ring (bicyclic) bond motifs is 6. The molecular weight excluding hydrogens is 1360 g/mol. The second-order valence-corrected chi connectivity index (χ2v) is 33.6. The Morgan fingerprint density at radius 2 is 0.541 bits per heavy atom. The molecule has 0 aliphatic heterocycles. The van der Waals surface area contributed by atoms with Gasteiger partial charge in [-0.25, -0.2) is 15.0 Å². The first-order valence-electron chi connectivity index (χ1n) is 45.8. The largest absolute Gasteiger partial charge is 0.398 e. The van der Waals surface area contributed by atoms with Crippen molar-refractivity contribution >= 4 is 106 Å². The molecule has 0 spiro atoms. The Bertz CT molecular complexity index is 4100. The molecule has 13 heteroatoms. The van der Waals surface area contributed by atoms with Gasteiger partial charge in [0, 0.05) is 116 Å². The van der Waals surface area contributed by atoms with E-state index >= 15 is 0 Å². The van der Waals surface area contributed by atoms with E-state index in [1.54, 1.807) is 0 Å². The zero-order valence-electron chi connectivity index (χ0n) is 72.6. The van der Waals surface area contributed by atoms with Crippen molar-refractivity contribution in [3.05, 3.63) is 102 Å². The van der Waals surface area contributed by atoms with Gasteiger partial charge in [0.05, 0.1) is 11.4 Å². The summed E-state index contributed by atoms with van der Waals surface area (Å²) in [6, 6.07) is 33.2. The Labute approximate surface area is 675 Å². The molecule has 3 aromatic heterocycles. The van der Waals surface area contributed by atoms with Crippen molar-refractivity contribution in [1.29, 1.82) is 0 Å². The summed E-state index contributed by atoms with van der Waals surface area (Å²) in [4.78, 5) is 15.2. The molecular formula is C98H158N13+3. The van der Waals surface area contributed by atoms with Gasteiger partial charge in [0.1, 0.15) is 52.7 Å². The van der Waals surface area contributed by atoms with Crippen LogP contribution in [0.1, 0.15) is 350 Å². The molecule has 0 bridgehead atoms. The van der Waals surface area contributed by atoms with Crippen LogP contribution in [0.5, 0.6) is 0 Å². The van der Waals surface area contributed by atoms with Crippen molar-refractivity contribution < 1.29 is 13.7 Å². The third kappa shape index (κ3) is 31.9. The van der Waals surface area contributed by atoms with Crippen LogP contribution in [-0.4, -0.2) is 46.7 Å². The number of rotatable bonds is 54. The zero-order chi connectivity index (χ0) is 79.3. The minimum Gasteiger partial charge on any atom is -0.398 e. The Morgan fingerprint density at radius 3 is 0.874 bits per heavy atom. The van der Waals surface area contributed by atoms with Gasteiger partial charge < -0.3 is 38.1 Å². The fourth-order valence-corrected chi connectivity index (χ4v) is 15.6. The molecule has 111 heavy (non-hydrogen) atoms. The maximum absolute atomic E-state index is 6.63. The second-order valence-electron chi connectivity index (χ2n) is 33.6. The highest BCUT2D eigenvalue weighted by Gasteiger charge is 2.24. The highest BCUT2D eigenvalue weighted by Crippen LogP contribution is 2.31. The molecule has 0 aliphatic rings. The molecule has 612 valence electrons. The lowest BCUT2D eigenvalue weighted by Gasteiger charge is -2.23. The van der Waals surface area contributed by atoms with E-state index in [0.29, 0.717) is 0 Å². The Balaban J connectivity index is 0.000000233. The van der Waals surface area contributed by atoms with Gasteiger partial charge in [-0.2, -0.15) is 13.7 Å². The summed E-state index contributed by atoms with van der Waals surface area (Å²) in [6.45, 7) is 34.0. The van der Waals surface area contributed by atoms with E-state index in [0.717, 1.165) is 107 Å². The van der Waals surface area contributed by atoms with E-state index in [4.69, 9.17) is 26.4 Å². The van der Waals surface area contributed by atoms with E-state index in [2.05, 4.69) is 208 Å². The smallest absolute Gasteiger partial charge is 0.233 e. The highest BCUT2D eigenvalue weighted by molar-refractivity contribution is 5.90. The second kappa shape index (κ2) is 52.2. The predicted octanol–water partition coefficient (Wildman–Crippen LogP) is 27.2. The molecule has 3 heterocycles. The van der Waals surface area contributed by atoms with E-state index in [9.17, 15) is 0 Å². The van der Waals surface area contributed by atoms with Crippen molar-refractivity contribution in [3.63, 3.8) is 0 Å². The lowest BCUT2D eigenvalue weighted by atomic mass is 10.1. The SMILES string of the molecule is CCCCCCCCNc1ccc2nc3cc(N)c(C)cc3[n+](CCCCCCCC)c2c1.CCCCCCCCNc1ccc2nc3cc(NC(C)(C)C)c(C)cc3[n+](CCCCCCCC)c2c1.CCCCCCCCNc1ccc2nc3cc(NCCCCCCCC)c(N)cc3[n+](CCCCCCCC)c2c1. The third-order valence-electron chi connectivity index (χ3n) is 22.4. The maximum atomic E-state index is 6.63. The Kier molecular flexibility index (Phi) is 42.7. The molecule has 0 aliphatic carbocycles. The van der Waals surface area contributed by atoms with E-state index in [1.807, 2.05) is 6.07 Å². The summed E-state index contributed by atoms with van der Waals surface area (Å²) in [5.74, 6) is 0. The van der Waals surface area contributed by atoms with Crippen LogP contribution in [0.2, 0.25) is 0 Å². The van der Waals surface area contributed by atoms with E-state index < -0.39 is 0 Å². The lowest BCUT2D eigenvalue weighted by Crippen LogP contribution is -2.36. The van der Waals surface area contributed by atoms with Crippen LogP contribution in [0.25, 0.3) is 66.2 Å². The number of aromatic nitrogens is 6. The zero-order valence-corrected chi connectivity index (χ0v) is 72.6. The van der Waals surface area contributed by atoms with Gasteiger partial charge >= 0.3 is 0 Å². The van der Waals surface area contributed by atoms with Gasteiger partial charge in [-0.1, -0.05) is 254 Å². The monoisotopic (exact) mass is 1520 g/mol. The van der Waals surface area contributed by atoms with Gasteiger partial charge in [-0.3, -0.25) is 0 Å². The normalized spacial score (nSPS) is 11.6. The summed E-state index contributed by atoms with van der Waals surface area (Å²) in [7, 11) is 0. The van der Waals surface area contributed by atoms with Crippen LogP contribution in [0, 0.1) is 13.8 Å². The molecule has 0 saturated carbocycles. The van der Waals surface area contributed by atoms with Gasteiger partial charge in [-0.05, 0) is 145 Å². The number of anilines is 7. The van der Waals surface area contributed by atoms with Crippen molar-refractivity contribution in [3.8, 4) is 0 Å². The molecule has 9 rings (SSSR count). The van der Waals surface area contributed by atoms with Gasteiger partial charge in [-0.15, -0.1) is 0 Å². The first-order chi connectivity index (χ1) is 54.1. The first kappa shape index (κ1) is 90.9. The third-order valence-corrected chi connectivity index (χ3v) is 22.4. The number of hydrogen-bond acceptors (Lipinski definition) is 10. The molecule has 13 nitrogen and oxygen atoms in total. The summed E-state index contributed by atoms with van der Waals surface area (Å²) in [5.41, 5.74) is 36.2. The van der Waals surface area contributed by atoms with Gasteiger partial charge in [0.15, 0.2) is 0 Å². The summed E-state index contributed by atoms with van der Waals surface area (Å²) in [5, 5.41) is 18.3. The Morgan fingerprint density at radius 1 is 0.270 bits per heavy atom. The fourth-order valence-electron chi connectivity index (χ4n) is 15.6. The van der Waals surface area contributed by atoms with Crippen molar-refractivity contribution in [2.45, 2.75) is 378 Å². The highest BCUT2D eigenvalue weighted by atomic mass is 15.0. The molecule has 0 amide bonds. The number of nitrogen functional groups attached to an aromatic ring is 2. The van der Waals surface area contributed by atoms with Crippen LogP contribution in [0.3, 0.4) is 0 Å². The number of aryl methyl sites for hydroxylation is 5. The molecule has 0 radical (unpaired) electrons. The average molecular weight is 1520 g/mol. The van der Waals surface area contributed by atoms with Crippen LogP contribution in [0.15, 0.2) is 91.0 Å². The molecule has 0 atom stereocenters. The molecule has 0 saturated heterocycles. The van der Waals surface area contributed by atoms with E-state index in [1.165, 1.54) is 326 Å². The topological polar surface area (TPSA) is 162 Å². The van der Waals surface area contributed by atoms with Crippen LogP contribution >= 0.6 is 0 Å². The number of hydrogen-bond donors (Lipinski definition) is 7. The number of nitrogens with two attached hydrogens (primary N) is 2. The number of nitrogens with zero attached hydrogens (tertiary/aromatic N) is 6. The molecule has 9 aromatic rings. The number of benzene rings is 6. The maximum Gasteiger partial charge on any atom is 0.233 e.